The maximum Gasteiger partial charge on any atom is 0.244 e. The molecule has 2 rings (SSSR count). The van der Waals surface area contributed by atoms with Crippen LogP contribution in [0.15, 0.2) is 42.6 Å². The van der Waals surface area contributed by atoms with Crippen molar-refractivity contribution in [1.82, 2.24) is 15.1 Å². The van der Waals surface area contributed by atoms with Gasteiger partial charge in [-0.1, -0.05) is 38.1 Å². The number of aryl methyl sites for hydroxylation is 2. The van der Waals surface area contributed by atoms with Gasteiger partial charge in [0.1, 0.15) is 0 Å². The van der Waals surface area contributed by atoms with E-state index in [0.29, 0.717) is 12.5 Å². The van der Waals surface area contributed by atoms with E-state index in [0.717, 1.165) is 24.2 Å². The van der Waals surface area contributed by atoms with Gasteiger partial charge in [-0.2, -0.15) is 5.10 Å². The summed E-state index contributed by atoms with van der Waals surface area (Å²) in [7, 11) is 0. The monoisotopic (exact) mass is 311 g/mol. The van der Waals surface area contributed by atoms with E-state index in [-0.39, 0.29) is 5.91 Å². The Bertz CT molecular complexity index is 654. The maximum atomic E-state index is 11.8. The van der Waals surface area contributed by atoms with Gasteiger partial charge in [-0.3, -0.25) is 9.48 Å². The van der Waals surface area contributed by atoms with Crippen LogP contribution in [0, 0.1) is 6.92 Å². The van der Waals surface area contributed by atoms with Crippen LogP contribution in [0.3, 0.4) is 0 Å². The Balaban J connectivity index is 1.71. The van der Waals surface area contributed by atoms with Gasteiger partial charge in [0, 0.05) is 25.4 Å². The molecule has 2 aromatic rings. The molecule has 1 aromatic heterocycles. The molecule has 0 radical (unpaired) electrons. The molecule has 0 saturated heterocycles. The minimum absolute atomic E-state index is 0.0606. The molecular weight excluding hydrogens is 286 g/mol. The van der Waals surface area contributed by atoms with E-state index in [1.54, 1.807) is 6.08 Å². The van der Waals surface area contributed by atoms with E-state index in [1.165, 1.54) is 5.56 Å². The number of nitrogens with one attached hydrogen (secondary N) is 1. The first-order valence-electron chi connectivity index (χ1n) is 8.10. The van der Waals surface area contributed by atoms with Crippen molar-refractivity contribution in [1.29, 1.82) is 0 Å². The fourth-order valence-corrected chi connectivity index (χ4v) is 2.26. The number of benzene rings is 1. The Morgan fingerprint density at radius 3 is 2.61 bits per heavy atom. The SMILES string of the molecule is Cc1ccn(CCCNC(=O)/C=C/c2ccc(C(C)C)cc2)n1. The van der Waals surface area contributed by atoms with E-state index in [2.05, 4.69) is 36.4 Å². The second-order valence-corrected chi connectivity index (χ2v) is 6.02. The molecule has 4 nitrogen and oxygen atoms in total. The van der Waals surface area contributed by atoms with Gasteiger partial charge in [-0.05, 0) is 42.5 Å². The van der Waals surface area contributed by atoms with Crippen molar-refractivity contribution in [2.45, 2.75) is 39.7 Å². The zero-order valence-corrected chi connectivity index (χ0v) is 14.1. The summed E-state index contributed by atoms with van der Waals surface area (Å²) in [6, 6.07) is 10.3. The molecule has 1 heterocycles. The van der Waals surface area contributed by atoms with Crippen LogP contribution in [0.4, 0.5) is 0 Å². The zero-order valence-electron chi connectivity index (χ0n) is 14.1. The van der Waals surface area contributed by atoms with E-state index in [4.69, 9.17) is 0 Å². The second kappa shape index (κ2) is 8.32. The van der Waals surface area contributed by atoms with Gasteiger partial charge in [0.15, 0.2) is 0 Å². The number of hydrogen-bond donors (Lipinski definition) is 1. The first kappa shape index (κ1) is 17.0. The first-order chi connectivity index (χ1) is 11.0. The molecule has 0 aliphatic carbocycles. The lowest BCUT2D eigenvalue weighted by atomic mass is 10.0. The first-order valence-corrected chi connectivity index (χ1v) is 8.10. The van der Waals surface area contributed by atoms with Crippen LogP contribution in [0.25, 0.3) is 6.08 Å². The van der Waals surface area contributed by atoms with Crippen LogP contribution >= 0.6 is 0 Å². The summed E-state index contributed by atoms with van der Waals surface area (Å²) in [6.07, 6.45) is 6.25. The Morgan fingerprint density at radius 2 is 2.00 bits per heavy atom. The minimum Gasteiger partial charge on any atom is -0.352 e. The normalized spacial score (nSPS) is 11.3. The molecule has 0 spiro atoms. The fourth-order valence-electron chi connectivity index (χ4n) is 2.26. The van der Waals surface area contributed by atoms with Crippen molar-refractivity contribution in [3.63, 3.8) is 0 Å². The van der Waals surface area contributed by atoms with Crippen LogP contribution in [0.5, 0.6) is 0 Å². The Hall–Kier alpha value is -2.36. The summed E-state index contributed by atoms with van der Waals surface area (Å²) in [5.41, 5.74) is 3.36. The molecule has 122 valence electrons. The van der Waals surface area contributed by atoms with Crippen LogP contribution in [0.2, 0.25) is 0 Å². The summed E-state index contributed by atoms with van der Waals surface area (Å²) in [6.45, 7) is 7.77. The molecule has 1 aromatic carbocycles. The van der Waals surface area contributed by atoms with Crippen molar-refractivity contribution in [3.05, 3.63) is 59.4 Å². The molecule has 23 heavy (non-hydrogen) atoms. The summed E-state index contributed by atoms with van der Waals surface area (Å²) >= 11 is 0. The molecule has 0 fully saturated rings. The van der Waals surface area contributed by atoms with Crippen molar-refractivity contribution in [3.8, 4) is 0 Å². The quantitative estimate of drug-likeness (QED) is 0.628. The van der Waals surface area contributed by atoms with Crippen LogP contribution < -0.4 is 5.32 Å². The Labute approximate surface area is 138 Å². The molecule has 0 bridgehead atoms. The van der Waals surface area contributed by atoms with Gasteiger partial charge in [0.05, 0.1) is 5.69 Å². The van der Waals surface area contributed by atoms with Crippen LogP contribution in [-0.4, -0.2) is 22.2 Å². The minimum atomic E-state index is -0.0606. The van der Waals surface area contributed by atoms with Gasteiger partial charge in [0.25, 0.3) is 0 Å². The number of aromatic nitrogens is 2. The van der Waals surface area contributed by atoms with Crippen LogP contribution in [-0.2, 0) is 11.3 Å². The second-order valence-electron chi connectivity index (χ2n) is 6.02. The molecule has 0 aliphatic heterocycles. The summed E-state index contributed by atoms with van der Waals surface area (Å²) in [4.78, 5) is 11.8. The third-order valence-corrected chi connectivity index (χ3v) is 3.67. The Kier molecular flexibility index (Phi) is 6.15. The van der Waals surface area contributed by atoms with Crippen molar-refractivity contribution >= 4 is 12.0 Å². The number of nitrogens with zero attached hydrogens (tertiary/aromatic N) is 2. The van der Waals surface area contributed by atoms with E-state index >= 15 is 0 Å². The zero-order chi connectivity index (χ0) is 16.7. The smallest absolute Gasteiger partial charge is 0.244 e. The molecule has 4 heteroatoms. The number of amides is 1. The van der Waals surface area contributed by atoms with Crippen molar-refractivity contribution < 1.29 is 4.79 Å². The molecule has 0 unspecified atom stereocenters. The number of carbonyl (C=O) groups is 1. The van der Waals surface area contributed by atoms with Crippen LogP contribution in [0.1, 0.15) is 43.0 Å². The molecule has 0 aliphatic rings. The lowest BCUT2D eigenvalue weighted by molar-refractivity contribution is -0.116. The number of hydrogen-bond acceptors (Lipinski definition) is 2. The molecular formula is C19H25N3O. The number of carbonyl (C=O) groups excluding carboxylic acids is 1. The highest BCUT2D eigenvalue weighted by atomic mass is 16.1. The molecule has 1 N–H and O–H groups in total. The lowest BCUT2D eigenvalue weighted by Crippen LogP contribution is -2.23. The molecule has 1 amide bonds. The van der Waals surface area contributed by atoms with Crippen molar-refractivity contribution in [2.75, 3.05) is 6.54 Å². The topological polar surface area (TPSA) is 46.9 Å². The average molecular weight is 311 g/mol. The highest BCUT2D eigenvalue weighted by Gasteiger charge is 1.99. The summed E-state index contributed by atoms with van der Waals surface area (Å²) < 4.78 is 1.90. The van der Waals surface area contributed by atoms with E-state index in [1.807, 2.05) is 42.1 Å². The van der Waals surface area contributed by atoms with E-state index in [9.17, 15) is 4.79 Å². The third-order valence-electron chi connectivity index (χ3n) is 3.67. The molecule has 0 atom stereocenters. The predicted molar refractivity (Wildman–Crippen MR) is 94.2 cm³/mol. The standard InChI is InChI=1S/C19H25N3O/c1-15(2)18-8-5-17(6-9-18)7-10-19(23)20-12-4-13-22-14-11-16(3)21-22/h5-11,14-15H,4,12-13H2,1-3H3,(H,20,23)/b10-7+. The fraction of sp³-hybridized carbons (Fsp3) is 0.368. The third kappa shape index (κ3) is 5.74. The van der Waals surface area contributed by atoms with Gasteiger partial charge in [-0.15, -0.1) is 0 Å². The summed E-state index contributed by atoms with van der Waals surface area (Å²) in [5, 5.41) is 7.21. The maximum absolute atomic E-state index is 11.8. The highest BCUT2D eigenvalue weighted by molar-refractivity contribution is 5.91. The Morgan fingerprint density at radius 1 is 1.26 bits per heavy atom. The molecule has 0 saturated carbocycles. The van der Waals surface area contributed by atoms with E-state index < -0.39 is 0 Å². The lowest BCUT2D eigenvalue weighted by Gasteiger charge is -2.05. The van der Waals surface area contributed by atoms with Crippen molar-refractivity contribution in [2.24, 2.45) is 0 Å². The van der Waals surface area contributed by atoms with Gasteiger partial charge >= 0.3 is 0 Å². The highest BCUT2D eigenvalue weighted by Crippen LogP contribution is 2.15. The summed E-state index contributed by atoms with van der Waals surface area (Å²) in [5.74, 6) is 0.462. The predicted octanol–water partition coefficient (Wildman–Crippen LogP) is 3.53. The number of rotatable bonds is 7. The van der Waals surface area contributed by atoms with Gasteiger partial charge in [0.2, 0.25) is 5.91 Å². The average Bonchev–Trinajstić information content (AvgIpc) is 2.95. The largest absolute Gasteiger partial charge is 0.352 e. The van der Waals surface area contributed by atoms with Gasteiger partial charge < -0.3 is 5.32 Å². The van der Waals surface area contributed by atoms with Gasteiger partial charge in [-0.25, -0.2) is 0 Å².